The number of ether oxygens (including phenoxy) is 1. The molecule has 0 radical (unpaired) electrons. The zero-order valence-electron chi connectivity index (χ0n) is 16.8. The molecule has 32 heavy (non-hydrogen) atoms. The molecular weight excluding hydrogens is 447 g/mol. The molecule has 0 saturated heterocycles. The van der Waals surface area contributed by atoms with Crippen molar-refractivity contribution in [3.05, 3.63) is 77.0 Å². The summed E-state index contributed by atoms with van der Waals surface area (Å²) in [4.78, 5) is 13.6. The van der Waals surface area contributed by atoms with Crippen LogP contribution in [0.1, 0.15) is 0 Å². The molecule has 0 aliphatic rings. The van der Waals surface area contributed by atoms with E-state index in [1.807, 2.05) is 42.5 Å². The van der Waals surface area contributed by atoms with Crippen molar-refractivity contribution in [1.82, 2.24) is 25.1 Å². The van der Waals surface area contributed by atoms with Crippen molar-refractivity contribution in [2.45, 2.75) is 0 Å². The Hall–Kier alpha value is -3.68. The lowest BCUT2D eigenvalue weighted by molar-refractivity contribution is 0.415. The molecule has 158 valence electrons. The SMILES string of the molecule is COc1ccc2nc(-c3cccnc3)nc(Nc3cc(-c4ccc(Cl)c(Cl)c4)[nH]n3)c2c1. The molecule has 7 nitrogen and oxygen atoms in total. The quantitative estimate of drug-likeness (QED) is 0.326. The molecule has 5 aromatic rings. The van der Waals surface area contributed by atoms with Crippen molar-refractivity contribution < 1.29 is 4.74 Å². The molecule has 0 saturated carbocycles. The van der Waals surface area contributed by atoms with E-state index < -0.39 is 0 Å². The summed E-state index contributed by atoms with van der Waals surface area (Å²) in [6.07, 6.45) is 3.44. The van der Waals surface area contributed by atoms with Crippen LogP contribution in [0.25, 0.3) is 33.5 Å². The van der Waals surface area contributed by atoms with Gasteiger partial charge < -0.3 is 10.1 Å². The van der Waals surface area contributed by atoms with E-state index in [-0.39, 0.29) is 0 Å². The van der Waals surface area contributed by atoms with Crippen molar-refractivity contribution in [2.24, 2.45) is 0 Å². The molecule has 0 fully saturated rings. The van der Waals surface area contributed by atoms with E-state index in [4.69, 9.17) is 37.9 Å². The van der Waals surface area contributed by atoms with Gasteiger partial charge in [-0.25, -0.2) is 9.97 Å². The summed E-state index contributed by atoms with van der Waals surface area (Å²) in [6.45, 7) is 0. The van der Waals surface area contributed by atoms with Crippen LogP contribution in [0.3, 0.4) is 0 Å². The zero-order chi connectivity index (χ0) is 22.1. The smallest absolute Gasteiger partial charge is 0.163 e. The third kappa shape index (κ3) is 3.95. The minimum Gasteiger partial charge on any atom is -0.497 e. The van der Waals surface area contributed by atoms with Gasteiger partial charge in [0.05, 0.1) is 28.4 Å². The van der Waals surface area contributed by atoms with E-state index in [2.05, 4.69) is 20.5 Å². The number of halogens is 2. The average Bonchev–Trinajstić information content (AvgIpc) is 3.29. The Kier molecular flexibility index (Phi) is 5.34. The number of nitrogens with zero attached hydrogens (tertiary/aromatic N) is 4. The molecule has 0 unspecified atom stereocenters. The first-order chi connectivity index (χ1) is 15.6. The molecule has 0 aliphatic carbocycles. The summed E-state index contributed by atoms with van der Waals surface area (Å²) < 4.78 is 5.39. The van der Waals surface area contributed by atoms with Crippen LogP contribution in [-0.4, -0.2) is 32.3 Å². The molecule has 2 aromatic carbocycles. The molecular formula is C23H16Cl2N6O. The van der Waals surface area contributed by atoms with Gasteiger partial charge in [0.25, 0.3) is 0 Å². The second-order valence-electron chi connectivity index (χ2n) is 6.94. The van der Waals surface area contributed by atoms with Crippen molar-refractivity contribution in [3.63, 3.8) is 0 Å². The summed E-state index contributed by atoms with van der Waals surface area (Å²) in [7, 11) is 1.62. The van der Waals surface area contributed by atoms with Crippen molar-refractivity contribution in [3.8, 4) is 28.4 Å². The van der Waals surface area contributed by atoms with Crippen molar-refractivity contribution in [2.75, 3.05) is 12.4 Å². The van der Waals surface area contributed by atoms with Crippen LogP contribution in [0, 0.1) is 0 Å². The van der Waals surface area contributed by atoms with E-state index in [0.29, 0.717) is 33.3 Å². The van der Waals surface area contributed by atoms with Crippen molar-refractivity contribution in [1.29, 1.82) is 0 Å². The number of H-pyrrole nitrogens is 1. The molecule has 2 N–H and O–H groups in total. The largest absolute Gasteiger partial charge is 0.497 e. The van der Waals surface area contributed by atoms with E-state index >= 15 is 0 Å². The summed E-state index contributed by atoms with van der Waals surface area (Å²) in [5.41, 5.74) is 3.23. The number of anilines is 2. The third-order valence-corrected chi connectivity index (χ3v) is 5.62. The summed E-state index contributed by atoms with van der Waals surface area (Å²) in [5.74, 6) is 2.45. The fourth-order valence-corrected chi connectivity index (χ4v) is 3.57. The van der Waals surface area contributed by atoms with Gasteiger partial charge >= 0.3 is 0 Å². The highest BCUT2D eigenvalue weighted by molar-refractivity contribution is 6.42. The first kappa shape index (κ1) is 20.2. The maximum atomic E-state index is 6.15. The number of hydrogen-bond donors (Lipinski definition) is 2. The van der Waals surface area contributed by atoms with Crippen LogP contribution in [-0.2, 0) is 0 Å². The topological polar surface area (TPSA) is 88.6 Å². The average molecular weight is 463 g/mol. The molecule has 0 aliphatic heterocycles. The van der Waals surface area contributed by atoms with E-state index in [9.17, 15) is 0 Å². The normalized spacial score (nSPS) is 11.0. The number of benzene rings is 2. The fraction of sp³-hybridized carbons (Fsp3) is 0.0435. The Labute approximate surface area is 193 Å². The maximum absolute atomic E-state index is 6.15. The number of fused-ring (bicyclic) bond motifs is 1. The van der Waals surface area contributed by atoms with Crippen LogP contribution in [0.5, 0.6) is 5.75 Å². The Morgan fingerprint density at radius 3 is 2.62 bits per heavy atom. The van der Waals surface area contributed by atoms with Gasteiger partial charge in [-0.15, -0.1) is 0 Å². The Bertz CT molecular complexity index is 1420. The highest BCUT2D eigenvalue weighted by Gasteiger charge is 2.13. The Morgan fingerprint density at radius 2 is 1.84 bits per heavy atom. The number of nitrogens with one attached hydrogen (secondary N) is 2. The van der Waals surface area contributed by atoms with Gasteiger partial charge in [0.1, 0.15) is 11.6 Å². The number of methoxy groups -OCH3 is 1. The van der Waals surface area contributed by atoms with Crippen LogP contribution in [0.15, 0.2) is 67.0 Å². The minimum absolute atomic E-state index is 0.475. The van der Waals surface area contributed by atoms with Crippen LogP contribution in [0.4, 0.5) is 11.6 Å². The second kappa shape index (κ2) is 8.45. The predicted molar refractivity (Wildman–Crippen MR) is 127 cm³/mol. The molecule has 0 spiro atoms. The molecule has 3 heterocycles. The molecule has 3 aromatic heterocycles. The number of aromatic nitrogens is 5. The monoisotopic (exact) mass is 462 g/mol. The maximum Gasteiger partial charge on any atom is 0.163 e. The summed E-state index contributed by atoms with van der Waals surface area (Å²) >= 11 is 12.2. The van der Waals surface area contributed by atoms with Crippen LogP contribution < -0.4 is 10.1 Å². The van der Waals surface area contributed by atoms with Gasteiger partial charge in [-0.2, -0.15) is 5.10 Å². The molecule has 0 bridgehead atoms. The van der Waals surface area contributed by atoms with Gasteiger partial charge in [-0.1, -0.05) is 29.3 Å². The van der Waals surface area contributed by atoms with Gasteiger partial charge in [-0.3, -0.25) is 10.1 Å². The standard InChI is InChI=1S/C23H16Cl2N6O/c1-32-15-5-7-19-16(10-15)23(29-22(27-19)14-3-2-8-26-12-14)28-21-11-20(30-31-21)13-4-6-17(24)18(25)9-13/h2-12H,1H3,(H2,27,28,29,30,31). The van der Waals surface area contributed by atoms with Crippen LogP contribution >= 0.6 is 23.2 Å². The summed E-state index contributed by atoms with van der Waals surface area (Å²) in [5, 5.41) is 12.5. The van der Waals surface area contributed by atoms with Gasteiger partial charge in [0.15, 0.2) is 11.6 Å². The number of aromatic amines is 1. The van der Waals surface area contributed by atoms with Gasteiger partial charge in [0.2, 0.25) is 0 Å². The summed E-state index contributed by atoms with van der Waals surface area (Å²) in [6, 6.07) is 16.7. The first-order valence-electron chi connectivity index (χ1n) is 9.65. The van der Waals surface area contributed by atoms with E-state index in [0.717, 1.165) is 27.7 Å². The highest BCUT2D eigenvalue weighted by atomic mass is 35.5. The Morgan fingerprint density at radius 1 is 0.938 bits per heavy atom. The van der Waals surface area contributed by atoms with E-state index in [1.54, 1.807) is 31.6 Å². The lowest BCUT2D eigenvalue weighted by Gasteiger charge is -2.10. The second-order valence-corrected chi connectivity index (χ2v) is 7.76. The Balaban J connectivity index is 1.57. The number of hydrogen-bond acceptors (Lipinski definition) is 6. The van der Waals surface area contributed by atoms with E-state index in [1.165, 1.54) is 0 Å². The van der Waals surface area contributed by atoms with Gasteiger partial charge in [-0.05, 0) is 42.5 Å². The van der Waals surface area contributed by atoms with Crippen molar-refractivity contribution >= 4 is 45.7 Å². The third-order valence-electron chi connectivity index (χ3n) is 4.88. The molecule has 0 amide bonds. The lowest BCUT2D eigenvalue weighted by Crippen LogP contribution is -2.00. The fourth-order valence-electron chi connectivity index (χ4n) is 3.27. The first-order valence-corrected chi connectivity index (χ1v) is 10.4. The number of pyridine rings is 1. The van der Waals surface area contributed by atoms with Gasteiger partial charge in [0, 0.05) is 35.0 Å². The number of rotatable bonds is 5. The molecule has 5 rings (SSSR count). The lowest BCUT2D eigenvalue weighted by atomic mass is 10.1. The van der Waals surface area contributed by atoms with Crippen LogP contribution in [0.2, 0.25) is 10.0 Å². The molecule has 9 heteroatoms. The molecule has 0 atom stereocenters. The minimum atomic E-state index is 0.475. The highest BCUT2D eigenvalue weighted by Crippen LogP contribution is 2.32. The zero-order valence-corrected chi connectivity index (χ0v) is 18.3. The predicted octanol–water partition coefficient (Wildman–Crippen LogP) is 6.14.